The molecule has 0 aromatic carbocycles. The maximum atomic E-state index is 11.4. The number of H-pyrrole nitrogens is 2. The third-order valence-corrected chi connectivity index (χ3v) is 3.19. The number of nitrogens with one attached hydrogen (secondary N) is 4. The number of aromatic amines is 2. The predicted octanol–water partition coefficient (Wildman–Crippen LogP) is -0.599. The lowest BCUT2D eigenvalue weighted by Crippen LogP contribution is -2.37. The molecule has 7 heteroatoms. The Balaban J connectivity index is 1.98. The van der Waals surface area contributed by atoms with Gasteiger partial charge in [0.2, 0.25) is 5.82 Å². The summed E-state index contributed by atoms with van der Waals surface area (Å²) in [4.78, 5) is 24.4. The van der Waals surface area contributed by atoms with Crippen LogP contribution in [0.5, 0.6) is 0 Å². The number of anilines is 1. The van der Waals surface area contributed by atoms with Gasteiger partial charge in [-0.3, -0.25) is 9.78 Å². The highest BCUT2D eigenvalue weighted by molar-refractivity contribution is 5.30. The van der Waals surface area contributed by atoms with Crippen LogP contribution in [0.3, 0.4) is 0 Å². The van der Waals surface area contributed by atoms with Crippen molar-refractivity contribution in [2.24, 2.45) is 0 Å². The molecule has 0 radical (unpaired) electrons. The zero-order valence-electron chi connectivity index (χ0n) is 9.75. The maximum absolute atomic E-state index is 11.4. The summed E-state index contributed by atoms with van der Waals surface area (Å²) in [5.74, 6) is 0.192. The van der Waals surface area contributed by atoms with E-state index in [2.05, 4.69) is 25.8 Å². The summed E-state index contributed by atoms with van der Waals surface area (Å²) in [7, 11) is 1.96. The Morgan fingerprint density at radius 2 is 1.82 bits per heavy atom. The summed E-state index contributed by atoms with van der Waals surface area (Å²) in [6.07, 6.45) is 4.14. The minimum absolute atomic E-state index is 0.192. The Labute approximate surface area is 98.0 Å². The van der Waals surface area contributed by atoms with E-state index in [1.54, 1.807) is 0 Å². The monoisotopic (exact) mass is 239 g/mol. The highest BCUT2D eigenvalue weighted by atomic mass is 16.2. The molecular weight excluding hydrogens is 222 g/mol. The first-order chi connectivity index (χ1) is 8.19. The van der Waals surface area contributed by atoms with Crippen LogP contribution in [0.1, 0.15) is 25.7 Å². The maximum Gasteiger partial charge on any atom is 0.342 e. The van der Waals surface area contributed by atoms with Gasteiger partial charge in [-0.05, 0) is 32.7 Å². The average molecular weight is 239 g/mol. The fourth-order valence-electron chi connectivity index (χ4n) is 2.17. The molecule has 0 atom stereocenters. The van der Waals surface area contributed by atoms with Crippen LogP contribution in [0.15, 0.2) is 9.59 Å². The van der Waals surface area contributed by atoms with E-state index < -0.39 is 11.2 Å². The zero-order chi connectivity index (χ0) is 12.3. The Morgan fingerprint density at radius 1 is 1.18 bits per heavy atom. The molecule has 1 saturated carbocycles. The highest BCUT2D eigenvalue weighted by Crippen LogP contribution is 2.20. The molecule has 17 heavy (non-hydrogen) atoms. The van der Waals surface area contributed by atoms with E-state index in [9.17, 15) is 9.59 Å². The van der Waals surface area contributed by atoms with Crippen molar-refractivity contribution in [1.82, 2.24) is 20.5 Å². The lowest BCUT2D eigenvalue weighted by molar-refractivity contribution is 0.370. The van der Waals surface area contributed by atoms with Crippen molar-refractivity contribution >= 4 is 5.82 Å². The zero-order valence-corrected chi connectivity index (χ0v) is 9.75. The summed E-state index contributed by atoms with van der Waals surface area (Å²) in [6.45, 7) is 0. The molecular formula is C10H17N5O2. The molecule has 7 nitrogen and oxygen atoms in total. The van der Waals surface area contributed by atoms with Crippen LogP contribution in [0.2, 0.25) is 0 Å². The summed E-state index contributed by atoms with van der Waals surface area (Å²) in [5.41, 5.74) is -1.05. The third kappa shape index (κ3) is 2.94. The second-order valence-electron chi connectivity index (χ2n) is 4.34. The van der Waals surface area contributed by atoms with Gasteiger partial charge in [0.25, 0.3) is 5.56 Å². The van der Waals surface area contributed by atoms with Gasteiger partial charge in [-0.25, -0.2) is 9.89 Å². The number of aromatic nitrogens is 3. The molecule has 0 aliphatic heterocycles. The Kier molecular flexibility index (Phi) is 3.58. The van der Waals surface area contributed by atoms with Crippen molar-refractivity contribution < 1.29 is 0 Å². The van der Waals surface area contributed by atoms with Gasteiger partial charge in [0.1, 0.15) is 0 Å². The van der Waals surface area contributed by atoms with Gasteiger partial charge in [-0.1, -0.05) is 0 Å². The molecule has 2 rings (SSSR count). The Hall–Kier alpha value is -1.63. The van der Waals surface area contributed by atoms with Crippen molar-refractivity contribution in [1.29, 1.82) is 0 Å². The number of hydrogen-bond acceptors (Lipinski definition) is 5. The van der Waals surface area contributed by atoms with E-state index in [-0.39, 0.29) is 11.9 Å². The van der Waals surface area contributed by atoms with Crippen LogP contribution in [0.25, 0.3) is 0 Å². The smallest absolute Gasteiger partial charge is 0.342 e. The normalized spacial score (nSPS) is 24.5. The fraction of sp³-hybridized carbons (Fsp3) is 0.700. The van der Waals surface area contributed by atoms with Gasteiger partial charge >= 0.3 is 5.69 Å². The first-order valence-corrected chi connectivity index (χ1v) is 5.82. The van der Waals surface area contributed by atoms with Gasteiger partial charge < -0.3 is 10.6 Å². The minimum Gasteiger partial charge on any atom is -0.361 e. The molecule has 1 aliphatic rings. The lowest BCUT2D eigenvalue weighted by atomic mass is 9.91. The molecule has 1 aliphatic carbocycles. The molecule has 0 unspecified atom stereocenters. The molecule has 1 heterocycles. The molecule has 94 valence electrons. The molecule has 4 N–H and O–H groups in total. The van der Waals surface area contributed by atoms with Crippen LogP contribution in [0, 0.1) is 0 Å². The largest absolute Gasteiger partial charge is 0.361 e. The van der Waals surface area contributed by atoms with E-state index in [1.807, 2.05) is 7.05 Å². The van der Waals surface area contributed by atoms with Crippen LogP contribution < -0.4 is 21.9 Å². The summed E-state index contributed by atoms with van der Waals surface area (Å²) < 4.78 is 0. The van der Waals surface area contributed by atoms with Crippen molar-refractivity contribution in [2.45, 2.75) is 37.8 Å². The van der Waals surface area contributed by atoms with Crippen molar-refractivity contribution in [3.63, 3.8) is 0 Å². The standard InChI is InChI=1S/C10H17N5O2/c1-11-6-2-4-7(5-3-6)12-8-9(16)13-10(17)15-14-8/h6-7,11H,2-5H2,1H3,(H,12,14)(H2,13,15,16,17). The Bertz CT molecular complexity index is 472. The van der Waals surface area contributed by atoms with Gasteiger partial charge in [0, 0.05) is 12.1 Å². The van der Waals surface area contributed by atoms with Gasteiger partial charge in [0.05, 0.1) is 0 Å². The van der Waals surface area contributed by atoms with E-state index in [4.69, 9.17) is 0 Å². The van der Waals surface area contributed by atoms with E-state index in [1.165, 1.54) is 0 Å². The predicted molar refractivity (Wildman–Crippen MR) is 64.2 cm³/mol. The first kappa shape index (κ1) is 11.8. The van der Waals surface area contributed by atoms with Crippen LogP contribution >= 0.6 is 0 Å². The van der Waals surface area contributed by atoms with Gasteiger partial charge in [-0.2, -0.15) is 0 Å². The molecule has 1 fully saturated rings. The summed E-state index contributed by atoms with van der Waals surface area (Å²) in [6, 6.07) is 0.814. The first-order valence-electron chi connectivity index (χ1n) is 5.82. The molecule has 1 aromatic rings. The second-order valence-corrected chi connectivity index (χ2v) is 4.34. The van der Waals surface area contributed by atoms with E-state index in [0.29, 0.717) is 6.04 Å². The fourth-order valence-corrected chi connectivity index (χ4v) is 2.17. The number of hydrogen-bond donors (Lipinski definition) is 4. The summed E-state index contributed by atoms with van der Waals surface area (Å²) in [5, 5.41) is 12.2. The molecule has 0 amide bonds. The second kappa shape index (κ2) is 5.13. The van der Waals surface area contributed by atoms with Crippen molar-refractivity contribution in [2.75, 3.05) is 12.4 Å². The molecule has 1 aromatic heterocycles. The van der Waals surface area contributed by atoms with Crippen molar-refractivity contribution in [3.8, 4) is 0 Å². The quantitative estimate of drug-likeness (QED) is 0.564. The minimum atomic E-state index is -0.584. The van der Waals surface area contributed by atoms with Crippen LogP contribution in [0.4, 0.5) is 5.82 Å². The molecule has 0 bridgehead atoms. The number of rotatable bonds is 3. The SMILES string of the molecule is CNC1CCC(Nc2n[nH]c(=O)[nH]c2=O)CC1. The van der Waals surface area contributed by atoms with Gasteiger partial charge in [0.15, 0.2) is 0 Å². The van der Waals surface area contributed by atoms with Gasteiger partial charge in [-0.15, -0.1) is 5.10 Å². The van der Waals surface area contributed by atoms with E-state index in [0.717, 1.165) is 25.7 Å². The molecule has 0 spiro atoms. The summed E-state index contributed by atoms with van der Waals surface area (Å²) >= 11 is 0. The van der Waals surface area contributed by atoms with Crippen molar-refractivity contribution in [3.05, 3.63) is 20.8 Å². The topological polar surface area (TPSA) is 103 Å². The van der Waals surface area contributed by atoms with E-state index >= 15 is 0 Å². The lowest BCUT2D eigenvalue weighted by Gasteiger charge is -2.28. The van der Waals surface area contributed by atoms with Crippen LogP contribution in [-0.2, 0) is 0 Å². The highest BCUT2D eigenvalue weighted by Gasteiger charge is 2.20. The molecule has 0 saturated heterocycles. The third-order valence-electron chi connectivity index (χ3n) is 3.19. The number of nitrogens with zero attached hydrogens (tertiary/aromatic N) is 1. The Morgan fingerprint density at radius 3 is 2.41 bits per heavy atom. The van der Waals surface area contributed by atoms with Crippen LogP contribution in [-0.4, -0.2) is 34.3 Å². The average Bonchev–Trinajstić information content (AvgIpc) is 2.34.